The second-order valence-electron chi connectivity index (χ2n) is 7.64. The lowest BCUT2D eigenvalue weighted by molar-refractivity contribution is -0.148. The molecule has 0 aromatic heterocycles. The van der Waals surface area contributed by atoms with Crippen molar-refractivity contribution in [2.24, 2.45) is 5.92 Å². The molecule has 1 N–H and O–H groups in total. The minimum Gasteiger partial charge on any atom is -0.490 e. The number of ketones is 1. The van der Waals surface area contributed by atoms with E-state index in [-0.39, 0.29) is 12.2 Å². The Morgan fingerprint density at radius 2 is 1.52 bits per heavy atom. The zero-order chi connectivity index (χ0) is 22.6. The molecule has 1 unspecified atom stereocenters. The number of hydrogen-bond donors (Lipinski definition) is 1. The topological polar surface area (TPSA) is 90.9 Å². The van der Waals surface area contributed by atoms with E-state index in [0.29, 0.717) is 30.4 Å². The highest BCUT2D eigenvalue weighted by atomic mass is 16.5. The molecule has 7 heteroatoms. The second kappa shape index (κ2) is 13.0. The third-order valence-corrected chi connectivity index (χ3v) is 5.21. The number of anilines is 1. The summed E-state index contributed by atoms with van der Waals surface area (Å²) in [4.78, 5) is 37.2. The largest absolute Gasteiger partial charge is 0.490 e. The molecule has 1 atom stereocenters. The number of rotatable bonds is 14. The van der Waals surface area contributed by atoms with Crippen LogP contribution in [0, 0.1) is 5.92 Å². The first-order valence-electron chi connectivity index (χ1n) is 11.5. The average Bonchev–Trinajstić information content (AvgIpc) is 2.73. The molecule has 172 valence electrons. The molecule has 0 aliphatic carbocycles. The van der Waals surface area contributed by atoms with Gasteiger partial charge in [-0.25, -0.2) is 0 Å². The highest BCUT2D eigenvalue weighted by molar-refractivity contribution is 6.29. The first-order valence-corrected chi connectivity index (χ1v) is 11.5. The molecule has 0 saturated heterocycles. The molecular weight excluding hydrogens is 398 g/mol. The number of carbonyl (C=O) groups excluding carboxylic acids is 3. The highest BCUT2D eigenvalue weighted by Gasteiger charge is 2.41. The first kappa shape index (κ1) is 24.7. The fourth-order valence-electron chi connectivity index (χ4n) is 3.59. The van der Waals surface area contributed by atoms with Crippen LogP contribution in [-0.4, -0.2) is 37.5 Å². The number of amides is 1. The number of ether oxygens (including phenoxy) is 3. The molecule has 1 heterocycles. The molecule has 0 radical (unpaired) electrons. The normalized spacial score (nSPS) is 15.3. The van der Waals surface area contributed by atoms with Crippen LogP contribution in [0.5, 0.6) is 11.5 Å². The Balaban J connectivity index is 2.01. The summed E-state index contributed by atoms with van der Waals surface area (Å²) in [5, 5.41) is 2.61. The van der Waals surface area contributed by atoms with Gasteiger partial charge < -0.3 is 19.5 Å². The first-order chi connectivity index (χ1) is 15.0. The van der Waals surface area contributed by atoms with Crippen LogP contribution in [-0.2, 0) is 14.3 Å². The van der Waals surface area contributed by atoms with E-state index in [1.807, 2.05) is 6.92 Å². The van der Waals surface area contributed by atoms with Gasteiger partial charge in [0.15, 0.2) is 23.2 Å². The monoisotopic (exact) mass is 433 g/mol. The minimum absolute atomic E-state index is 0.0962. The van der Waals surface area contributed by atoms with Crippen LogP contribution in [0.4, 0.5) is 5.69 Å². The number of fused-ring (bicyclic) bond motifs is 1. The fraction of sp³-hybridized carbons (Fsp3) is 0.625. The van der Waals surface area contributed by atoms with Crippen LogP contribution >= 0.6 is 0 Å². The molecule has 0 spiro atoms. The molecule has 1 aromatic carbocycles. The maximum absolute atomic E-state index is 12.8. The number of unbranched alkanes of at least 4 members (excludes halogenated alkanes) is 7. The van der Waals surface area contributed by atoms with E-state index < -0.39 is 23.6 Å². The van der Waals surface area contributed by atoms with Crippen LogP contribution in [0.25, 0.3) is 0 Å². The Morgan fingerprint density at radius 1 is 0.871 bits per heavy atom. The van der Waals surface area contributed by atoms with Crippen molar-refractivity contribution in [3.05, 3.63) is 17.7 Å². The Hall–Kier alpha value is -2.57. The molecule has 2 rings (SSSR count). The van der Waals surface area contributed by atoms with Crippen molar-refractivity contribution >= 4 is 23.3 Å². The van der Waals surface area contributed by atoms with Crippen LogP contribution < -0.4 is 14.8 Å². The van der Waals surface area contributed by atoms with E-state index in [2.05, 4.69) is 12.2 Å². The molecule has 1 aliphatic rings. The zero-order valence-corrected chi connectivity index (χ0v) is 19.0. The van der Waals surface area contributed by atoms with Gasteiger partial charge in [0.05, 0.1) is 25.5 Å². The maximum Gasteiger partial charge on any atom is 0.326 e. The molecule has 0 bridgehead atoms. The summed E-state index contributed by atoms with van der Waals surface area (Å²) >= 11 is 0. The summed E-state index contributed by atoms with van der Waals surface area (Å²) in [5.41, 5.74) is 0.547. The van der Waals surface area contributed by atoms with E-state index >= 15 is 0 Å². The van der Waals surface area contributed by atoms with Crippen LogP contribution in [0.3, 0.4) is 0 Å². The van der Waals surface area contributed by atoms with Crippen molar-refractivity contribution in [1.82, 2.24) is 0 Å². The Morgan fingerprint density at radius 3 is 2.16 bits per heavy atom. The third-order valence-electron chi connectivity index (χ3n) is 5.21. The van der Waals surface area contributed by atoms with E-state index in [1.54, 1.807) is 19.1 Å². The van der Waals surface area contributed by atoms with Gasteiger partial charge in [-0.3, -0.25) is 14.4 Å². The Labute approximate surface area is 184 Å². The summed E-state index contributed by atoms with van der Waals surface area (Å²) in [6.07, 6.45) is 9.56. The fourth-order valence-corrected chi connectivity index (χ4v) is 3.59. The van der Waals surface area contributed by atoms with Crippen molar-refractivity contribution in [2.45, 2.75) is 72.1 Å². The molecular formula is C24H35NO6. The van der Waals surface area contributed by atoms with Crippen molar-refractivity contribution in [3.8, 4) is 11.5 Å². The Kier molecular flexibility index (Phi) is 10.3. The summed E-state index contributed by atoms with van der Waals surface area (Å²) in [5.74, 6) is -2.71. The highest BCUT2D eigenvalue weighted by Crippen LogP contribution is 2.37. The smallest absolute Gasteiger partial charge is 0.326 e. The molecule has 31 heavy (non-hydrogen) atoms. The van der Waals surface area contributed by atoms with Crippen molar-refractivity contribution in [1.29, 1.82) is 0 Å². The van der Waals surface area contributed by atoms with Crippen LogP contribution in [0.2, 0.25) is 0 Å². The molecule has 1 aliphatic heterocycles. The number of hydrogen-bond acceptors (Lipinski definition) is 6. The van der Waals surface area contributed by atoms with Gasteiger partial charge in [-0.2, -0.15) is 0 Å². The summed E-state index contributed by atoms with van der Waals surface area (Å²) in [6, 6.07) is 3.14. The van der Waals surface area contributed by atoms with Gasteiger partial charge in [-0.05, 0) is 26.3 Å². The second-order valence-corrected chi connectivity index (χ2v) is 7.64. The van der Waals surface area contributed by atoms with Crippen molar-refractivity contribution in [3.63, 3.8) is 0 Å². The van der Waals surface area contributed by atoms with Crippen LogP contribution in [0.15, 0.2) is 12.1 Å². The lowest BCUT2D eigenvalue weighted by atomic mass is 9.91. The predicted octanol–water partition coefficient (Wildman–Crippen LogP) is 4.92. The quantitative estimate of drug-likeness (QED) is 0.254. The van der Waals surface area contributed by atoms with E-state index in [1.165, 1.54) is 38.5 Å². The van der Waals surface area contributed by atoms with E-state index in [0.717, 1.165) is 12.8 Å². The van der Waals surface area contributed by atoms with Gasteiger partial charge in [0, 0.05) is 11.6 Å². The third kappa shape index (κ3) is 6.97. The number of nitrogens with one attached hydrogen (secondary N) is 1. The van der Waals surface area contributed by atoms with E-state index in [4.69, 9.17) is 14.2 Å². The zero-order valence-electron chi connectivity index (χ0n) is 19.0. The van der Waals surface area contributed by atoms with Gasteiger partial charge in [-0.15, -0.1) is 0 Å². The lowest BCUT2D eigenvalue weighted by Gasteiger charge is -2.24. The standard InChI is InChI=1S/C24H35NO6/c1-4-7-8-9-10-11-12-13-14-31-19-15-17-18(16-20(19)29-5-2)25-23(27)21(22(17)26)24(28)30-6-3/h15-16,21H,4-14H2,1-3H3,(H,25,27). The maximum atomic E-state index is 12.8. The summed E-state index contributed by atoms with van der Waals surface area (Å²) in [7, 11) is 0. The lowest BCUT2D eigenvalue weighted by Crippen LogP contribution is -2.41. The Bertz CT molecular complexity index is 761. The molecule has 0 fully saturated rings. The summed E-state index contributed by atoms with van der Waals surface area (Å²) in [6.45, 7) is 6.72. The van der Waals surface area contributed by atoms with Crippen LogP contribution in [0.1, 0.15) is 82.5 Å². The minimum atomic E-state index is -1.49. The number of benzene rings is 1. The number of Topliss-reactive ketones (excluding diaryl/α,β-unsaturated/α-hetero) is 1. The van der Waals surface area contributed by atoms with Gasteiger partial charge in [0.1, 0.15) is 0 Å². The number of esters is 1. The van der Waals surface area contributed by atoms with Gasteiger partial charge in [0.25, 0.3) is 0 Å². The molecule has 1 aromatic rings. The van der Waals surface area contributed by atoms with Crippen molar-refractivity contribution < 1.29 is 28.6 Å². The molecule has 7 nitrogen and oxygen atoms in total. The predicted molar refractivity (Wildman–Crippen MR) is 119 cm³/mol. The summed E-state index contributed by atoms with van der Waals surface area (Å²) < 4.78 is 16.4. The average molecular weight is 434 g/mol. The molecule has 0 saturated carbocycles. The molecule has 1 amide bonds. The van der Waals surface area contributed by atoms with Gasteiger partial charge in [0.2, 0.25) is 5.91 Å². The van der Waals surface area contributed by atoms with Gasteiger partial charge in [-0.1, -0.05) is 51.9 Å². The van der Waals surface area contributed by atoms with E-state index in [9.17, 15) is 14.4 Å². The number of carbonyl (C=O) groups is 3. The SMILES string of the molecule is CCCCCCCCCCOc1cc2c(cc1OCC)NC(=O)C(C(=O)OCC)C2=O. The van der Waals surface area contributed by atoms with Gasteiger partial charge >= 0.3 is 5.97 Å². The van der Waals surface area contributed by atoms with Crippen molar-refractivity contribution in [2.75, 3.05) is 25.1 Å².